The van der Waals surface area contributed by atoms with Crippen molar-refractivity contribution in [1.29, 1.82) is 0 Å². The molecule has 3 nitrogen and oxygen atoms in total. The smallest absolute Gasteiger partial charge is 0.120 e. The molecule has 2 atom stereocenters. The molecule has 0 bridgehead atoms. The molecule has 1 aliphatic heterocycles. The van der Waals surface area contributed by atoms with Crippen molar-refractivity contribution in [2.75, 3.05) is 13.6 Å². The SMILES string of the molecule is CNC[C@H]1CC[C@@H](Oc2ccc3c(c2)C=CNC3)C1. The summed E-state index contributed by atoms with van der Waals surface area (Å²) in [6.07, 6.45) is 8.15. The molecular weight excluding hydrogens is 236 g/mol. The van der Waals surface area contributed by atoms with Crippen molar-refractivity contribution < 1.29 is 4.74 Å². The van der Waals surface area contributed by atoms with Gasteiger partial charge in [-0.05, 0) is 74.3 Å². The van der Waals surface area contributed by atoms with E-state index >= 15 is 0 Å². The quantitative estimate of drug-likeness (QED) is 0.870. The van der Waals surface area contributed by atoms with Crippen LogP contribution in [-0.4, -0.2) is 19.7 Å². The number of benzene rings is 1. The molecule has 1 fully saturated rings. The standard InChI is InChI=1S/C16H22N2O/c1-17-10-12-2-4-15(8-12)19-16-5-3-14-11-18-7-6-13(14)9-16/h3,5-7,9,12,15,17-18H,2,4,8,10-11H2,1H3/t12-,15+/m0/s1. The molecule has 1 aromatic carbocycles. The molecule has 0 spiro atoms. The maximum absolute atomic E-state index is 6.14. The molecule has 102 valence electrons. The molecule has 1 heterocycles. The second-order valence-electron chi connectivity index (χ2n) is 5.55. The van der Waals surface area contributed by atoms with Gasteiger partial charge in [-0.1, -0.05) is 6.07 Å². The Labute approximate surface area is 115 Å². The highest BCUT2D eigenvalue weighted by molar-refractivity contribution is 5.57. The Morgan fingerprint density at radius 1 is 1.37 bits per heavy atom. The molecule has 19 heavy (non-hydrogen) atoms. The van der Waals surface area contributed by atoms with E-state index in [2.05, 4.69) is 34.9 Å². The second-order valence-corrected chi connectivity index (χ2v) is 5.55. The summed E-state index contributed by atoms with van der Waals surface area (Å²) in [6.45, 7) is 2.03. The Morgan fingerprint density at radius 3 is 3.21 bits per heavy atom. The first-order valence-electron chi connectivity index (χ1n) is 7.19. The van der Waals surface area contributed by atoms with Crippen LogP contribution in [0.2, 0.25) is 0 Å². The lowest BCUT2D eigenvalue weighted by molar-refractivity contribution is 0.204. The Balaban J connectivity index is 1.63. The monoisotopic (exact) mass is 258 g/mol. The van der Waals surface area contributed by atoms with Crippen LogP contribution < -0.4 is 15.4 Å². The highest BCUT2D eigenvalue weighted by atomic mass is 16.5. The molecule has 1 aromatic rings. The highest BCUT2D eigenvalue weighted by Gasteiger charge is 2.25. The van der Waals surface area contributed by atoms with E-state index in [1.54, 1.807) is 0 Å². The molecule has 3 heteroatoms. The van der Waals surface area contributed by atoms with E-state index in [1.165, 1.54) is 30.4 Å². The van der Waals surface area contributed by atoms with Crippen molar-refractivity contribution in [3.8, 4) is 5.75 Å². The van der Waals surface area contributed by atoms with Crippen molar-refractivity contribution >= 4 is 6.08 Å². The van der Waals surface area contributed by atoms with Gasteiger partial charge in [0.1, 0.15) is 5.75 Å². The third-order valence-electron chi connectivity index (χ3n) is 4.08. The Bertz CT molecular complexity index is 470. The van der Waals surface area contributed by atoms with Gasteiger partial charge in [-0.25, -0.2) is 0 Å². The van der Waals surface area contributed by atoms with Crippen LogP contribution in [0.5, 0.6) is 5.75 Å². The lowest BCUT2D eigenvalue weighted by Crippen LogP contribution is -2.19. The predicted molar refractivity (Wildman–Crippen MR) is 78.0 cm³/mol. The molecule has 1 aliphatic carbocycles. The number of rotatable bonds is 4. The van der Waals surface area contributed by atoms with Gasteiger partial charge in [0.2, 0.25) is 0 Å². The predicted octanol–water partition coefficient (Wildman–Crippen LogP) is 2.53. The molecule has 1 saturated carbocycles. The van der Waals surface area contributed by atoms with Crippen LogP contribution in [0.15, 0.2) is 24.4 Å². The van der Waals surface area contributed by atoms with Crippen molar-refractivity contribution in [2.45, 2.75) is 31.9 Å². The lowest BCUT2D eigenvalue weighted by atomic mass is 10.0. The zero-order valence-corrected chi connectivity index (χ0v) is 11.5. The minimum absolute atomic E-state index is 0.391. The average molecular weight is 258 g/mol. The Morgan fingerprint density at radius 2 is 2.32 bits per heavy atom. The molecule has 0 unspecified atom stereocenters. The van der Waals surface area contributed by atoms with E-state index in [9.17, 15) is 0 Å². The number of ether oxygens (including phenoxy) is 1. The van der Waals surface area contributed by atoms with Crippen molar-refractivity contribution in [3.63, 3.8) is 0 Å². The summed E-state index contributed by atoms with van der Waals surface area (Å²) in [7, 11) is 2.03. The Hall–Kier alpha value is -1.48. The third-order valence-corrected chi connectivity index (χ3v) is 4.08. The van der Waals surface area contributed by atoms with Gasteiger partial charge in [-0.2, -0.15) is 0 Å². The first-order valence-corrected chi connectivity index (χ1v) is 7.19. The first-order chi connectivity index (χ1) is 9.35. The van der Waals surface area contributed by atoms with E-state index in [4.69, 9.17) is 4.74 Å². The van der Waals surface area contributed by atoms with E-state index < -0.39 is 0 Å². The minimum atomic E-state index is 0.391. The first kappa shape index (κ1) is 12.5. The molecule has 2 aliphatic rings. The van der Waals surface area contributed by atoms with Crippen LogP contribution in [-0.2, 0) is 6.54 Å². The third kappa shape index (κ3) is 2.92. The fourth-order valence-corrected chi connectivity index (χ4v) is 3.08. The van der Waals surface area contributed by atoms with Gasteiger partial charge in [0, 0.05) is 6.54 Å². The molecule has 0 amide bonds. The molecule has 0 radical (unpaired) electrons. The molecule has 0 aromatic heterocycles. The van der Waals surface area contributed by atoms with Crippen molar-refractivity contribution in [2.24, 2.45) is 5.92 Å². The molecular formula is C16H22N2O. The zero-order valence-electron chi connectivity index (χ0n) is 11.5. The van der Waals surface area contributed by atoms with Gasteiger partial charge < -0.3 is 15.4 Å². The lowest BCUT2D eigenvalue weighted by Gasteiger charge is -2.17. The highest BCUT2D eigenvalue weighted by Crippen LogP contribution is 2.30. The van der Waals surface area contributed by atoms with Crippen LogP contribution in [0.1, 0.15) is 30.4 Å². The van der Waals surface area contributed by atoms with Crippen molar-refractivity contribution in [3.05, 3.63) is 35.5 Å². The van der Waals surface area contributed by atoms with Crippen LogP contribution in [0.3, 0.4) is 0 Å². The maximum atomic E-state index is 6.14. The summed E-state index contributed by atoms with van der Waals surface area (Å²) in [5, 5.41) is 6.49. The van der Waals surface area contributed by atoms with Crippen LogP contribution in [0, 0.1) is 5.92 Å². The average Bonchev–Trinajstić information content (AvgIpc) is 2.86. The fourth-order valence-electron chi connectivity index (χ4n) is 3.08. The largest absolute Gasteiger partial charge is 0.490 e. The summed E-state index contributed by atoms with van der Waals surface area (Å²) in [5.41, 5.74) is 2.62. The Kier molecular flexibility index (Phi) is 3.74. The molecule has 2 N–H and O–H groups in total. The summed E-state index contributed by atoms with van der Waals surface area (Å²) < 4.78 is 6.14. The van der Waals surface area contributed by atoms with E-state index in [-0.39, 0.29) is 0 Å². The van der Waals surface area contributed by atoms with Gasteiger partial charge in [0.25, 0.3) is 0 Å². The van der Waals surface area contributed by atoms with E-state index in [0.29, 0.717) is 6.10 Å². The number of hydrogen-bond donors (Lipinski definition) is 2. The molecule has 0 saturated heterocycles. The van der Waals surface area contributed by atoms with Crippen LogP contribution >= 0.6 is 0 Å². The number of nitrogens with one attached hydrogen (secondary N) is 2. The fraction of sp³-hybridized carbons (Fsp3) is 0.500. The second kappa shape index (κ2) is 5.66. The summed E-state index contributed by atoms with van der Waals surface area (Å²) in [6, 6.07) is 6.43. The minimum Gasteiger partial charge on any atom is -0.490 e. The topological polar surface area (TPSA) is 33.3 Å². The van der Waals surface area contributed by atoms with E-state index in [0.717, 1.165) is 24.8 Å². The van der Waals surface area contributed by atoms with Crippen LogP contribution in [0.4, 0.5) is 0 Å². The van der Waals surface area contributed by atoms with Crippen LogP contribution in [0.25, 0.3) is 6.08 Å². The summed E-state index contributed by atoms with van der Waals surface area (Å²) in [5.74, 6) is 1.79. The zero-order chi connectivity index (χ0) is 13.1. The summed E-state index contributed by atoms with van der Waals surface area (Å²) in [4.78, 5) is 0. The van der Waals surface area contributed by atoms with Gasteiger partial charge in [-0.15, -0.1) is 0 Å². The van der Waals surface area contributed by atoms with Gasteiger partial charge in [-0.3, -0.25) is 0 Å². The van der Waals surface area contributed by atoms with Gasteiger partial charge >= 0.3 is 0 Å². The normalized spacial score (nSPS) is 24.9. The van der Waals surface area contributed by atoms with Crippen molar-refractivity contribution in [1.82, 2.24) is 10.6 Å². The molecule has 3 rings (SSSR count). The summed E-state index contributed by atoms with van der Waals surface area (Å²) >= 11 is 0. The van der Waals surface area contributed by atoms with E-state index in [1.807, 2.05) is 13.2 Å². The van der Waals surface area contributed by atoms with Gasteiger partial charge in [0.15, 0.2) is 0 Å². The number of hydrogen-bond acceptors (Lipinski definition) is 3. The van der Waals surface area contributed by atoms with Gasteiger partial charge in [0.05, 0.1) is 6.10 Å². The number of fused-ring (bicyclic) bond motifs is 1. The maximum Gasteiger partial charge on any atom is 0.120 e.